The Hall–Kier alpha value is -0.980. The molecule has 0 aliphatic carbocycles. The van der Waals surface area contributed by atoms with Crippen LogP contribution in [-0.2, 0) is 14.8 Å². The maximum atomic E-state index is 13.2. The van der Waals surface area contributed by atoms with Gasteiger partial charge in [-0.3, -0.25) is 4.99 Å². The Morgan fingerprint density at radius 2 is 1.93 bits per heavy atom. The highest BCUT2D eigenvalue weighted by atomic mass is 127. The number of sulfonamides is 1. The van der Waals surface area contributed by atoms with Gasteiger partial charge in [0, 0.05) is 25.7 Å². The van der Waals surface area contributed by atoms with E-state index < -0.39 is 15.6 Å². The normalized spacial score (nSPS) is 21.2. The highest BCUT2D eigenvalue weighted by molar-refractivity contribution is 14.0. The van der Waals surface area contributed by atoms with Crippen molar-refractivity contribution in [1.82, 2.24) is 14.9 Å². The first-order valence-electron chi connectivity index (χ1n) is 8.84. The van der Waals surface area contributed by atoms with E-state index in [9.17, 15) is 12.8 Å². The molecule has 1 aliphatic heterocycles. The van der Waals surface area contributed by atoms with Gasteiger partial charge in [-0.15, -0.1) is 24.0 Å². The average molecular weight is 528 g/mol. The van der Waals surface area contributed by atoms with Crippen molar-refractivity contribution in [2.75, 3.05) is 32.9 Å². The Kier molecular flexibility index (Phi) is 9.10. The van der Waals surface area contributed by atoms with Crippen LogP contribution >= 0.6 is 24.0 Å². The third-order valence-electron chi connectivity index (χ3n) is 4.16. The van der Waals surface area contributed by atoms with Gasteiger partial charge in [-0.2, -0.15) is 0 Å². The van der Waals surface area contributed by atoms with E-state index in [0.29, 0.717) is 25.6 Å². The smallest absolute Gasteiger partial charge is 0.209 e. The summed E-state index contributed by atoms with van der Waals surface area (Å²) in [6.07, 6.45) is 0.908. The first-order chi connectivity index (χ1) is 12.5. The minimum absolute atomic E-state index is 0. The second-order valence-electron chi connectivity index (χ2n) is 7.55. The van der Waals surface area contributed by atoms with Crippen molar-refractivity contribution in [2.24, 2.45) is 4.99 Å². The summed E-state index contributed by atoms with van der Waals surface area (Å²) in [5.74, 6) is 0.387. The van der Waals surface area contributed by atoms with Crippen LogP contribution in [0.1, 0.15) is 32.4 Å². The number of hydrogen-bond acceptors (Lipinski definition) is 4. The molecule has 0 saturated carbocycles. The molecule has 0 radical (unpaired) electrons. The first kappa shape index (κ1) is 25.1. The molecule has 1 aromatic rings. The summed E-state index contributed by atoms with van der Waals surface area (Å²) in [6, 6.07) is 6.31. The van der Waals surface area contributed by atoms with E-state index in [1.165, 1.54) is 12.1 Å². The van der Waals surface area contributed by atoms with Crippen LogP contribution in [-0.4, -0.2) is 63.9 Å². The summed E-state index contributed by atoms with van der Waals surface area (Å²) in [7, 11) is -1.63. The van der Waals surface area contributed by atoms with Gasteiger partial charge in [-0.1, -0.05) is 12.1 Å². The fourth-order valence-electron chi connectivity index (χ4n) is 3.16. The third-order valence-corrected chi connectivity index (χ3v) is 5.09. The molecule has 0 amide bonds. The van der Waals surface area contributed by atoms with Gasteiger partial charge in [0.25, 0.3) is 0 Å². The number of hydrogen-bond donors (Lipinski definition) is 2. The number of guanidine groups is 1. The zero-order valence-corrected chi connectivity index (χ0v) is 20.0. The molecule has 1 aliphatic rings. The molecule has 1 fully saturated rings. The van der Waals surface area contributed by atoms with Gasteiger partial charge in [0.15, 0.2) is 5.96 Å². The van der Waals surface area contributed by atoms with Crippen LogP contribution in [0.15, 0.2) is 29.3 Å². The highest BCUT2D eigenvalue weighted by Gasteiger charge is 2.29. The van der Waals surface area contributed by atoms with Crippen LogP contribution in [0.25, 0.3) is 0 Å². The number of benzene rings is 1. The SMILES string of the molecule is CN=C(NCC(C)(C)NS(C)(=O)=O)N1CC(C)OC(c2ccc(F)cc2)C1.I. The standard InChI is InChI=1S/C18H29FN4O3S.HI/c1-13-10-23(11-16(26-13)14-6-8-15(19)9-7-14)17(20-4)21-12-18(2,3)22-27(5,24)25;/h6-9,13,16,22H,10-12H2,1-5H3,(H,20,21);1H. The maximum Gasteiger partial charge on any atom is 0.209 e. The number of rotatable bonds is 5. The second-order valence-corrected chi connectivity index (χ2v) is 9.30. The molecule has 7 nitrogen and oxygen atoms in total. The molecule has 2 unspecified atom stereocenters. The van der Waals surface area contributed by atoms with Crippen molar-refractivity contribution in [3.63, 3.8) is 0 Å². The number of halogens is 2. The lowest BCUT2D eigenvalue weighted by Gasteiger charge is -2.39. The number of nitrogens with one attached hydrogen (secondary N) is 2. The van der Waals surface area contributed by atoms with Gasteiger partial charge in [-0.05, 0) is 38.5 Å². The molecular formula is C18H30FIN4O3S. The molecule has 0 aromatic heterocycles. The summed E-state index contributed by atoms with van der Waals surface area (Å²) in [5.41, 5.74) is 0.236. The average Bonchev–Trinajstić information content (AvgIpc) is 2.53. The van der Waals surface area contributed by atoms with Crippen molar-refractivity contribution in [2.45, 2.75) is 38.5 Å². The van der Waals surface area contributed by atoms with E-state index in [-0.39, 0.29) is 42.0 Å². The van der Waals surface area contributed by atoms with Crippen molar-refractivity contribution in [3.05, 3.63) is 35.6 Å². The Morgan fingerprint density at radius 1 is 1.32 bits per heavy atom. The Balaban J connectivity index is 0.00000392. The summed E-state index contributed by atoms with van der Waals surface area (Å²) < 4.78 is 44.8. The lowest BCUT2D eigenvalue weighted by Crippen LogP contribution is -2.56. The van der Waals surface area contributed by atoms with Crippen LogP contribution in [0.3, 0.4) is 0 Å². The predicted octanol–water partition coefficient (Wildman–Crippen LogP) is 2.11. The van der Waals surface area contributed by atoms with Gasteiger partial charge in [-0.25, -0.2) is 17.5 Å². The monoisotopic (exact) mass is 528 g/mol. The second kappa shape index (κ2) is 10.2. The number of nitrogens with zero attached hydrogens (tertiary/aromatic N) is 2. The minimum atomic E-state index is -3.31. The van der Waals surface area contributed by atoms with Gasteiger partial charge < -0.3 is 15.0 Å². The maximum absolute atomic E-state index is 13.2. The molecule has 1 saturated heterocycles. The molecule has 160 valence electrons. The van der Waals surface area contributed by atoms with E-state index in [0.717, 1.165) is 11.8 Å². The van der Waals surface area contributed by atoms with Gasteiger partial charge in [0.1, 0.15) is 11.9 Å². The van der Waals surface area contributed by atoms with E-state index in [2.05, 4.69) is 19.9 Å². The Bertz CT molecular complexity index is 772. The zero-order chi connectivity index (χ0) is 20.2. The largest absolute Gasteiger partial charge is 0.367 e. The molecule has 10 heteroatoms. The summed E-state index contributed by atoms with van der Waals surface area (Å²) in [4.78, 5) is 6.39. The fraction of sp³-hybridized carbons (Fsp3) is 0.611. The van der Waals surface area contributed by atoms with Gasteiger partial charge >= 0.3 is 0 Å². The molecule has 0 spiro atoms. The Labute approximate surface area is 184 Å². The summed E-state index contributed by atoms with van der Waals surface area (Å²) in [5, 5.41) is 3.24. The molecular weight excluding hydrogens is 498 g/mol. The number of morpholine rings is 1. The highest BCUT2D eigenvalue weighted by Crippen LogP contribution is 2.25. The van der Waals surface area contributed by atoms with E-state index >= 15 is 0 Å². The zero-order valence-electron chi connectivity index (χ0n) is 16.9. The molecule has 1 aromatic carbocycles. The molecule has 2 rings (SSSR count). The molecule has 1 heterocycles. The number of ether oxygens (including phenoxy) is 1. The first-order valence-corrected chi connectivity index (χ1v) is 10.7. The van der Waals surface area contributed by atoms with Crippen molar-refractivity contribution >= 4 is 40.0 Å². The molecule has 2 atom stereocenters. The van der Waals surface area contributed by atoms with Crippen LogP contribution in [0.4, 0.5) is 4.39 Å². The number of aliphatic imine (C=N–C) groups is 1. The summed E-state index contributed by atoms with van der Waals surface area (Å²) >= 11 is 0. The van der Waals surface area contributed by atoms with Crippen molar-refractivity contribution < 1.29 is 17.5 Å². The van der Waals surface area contributed by atoms with Crippen LogP contribution < -0.4 is 10.0 Å². The van der Waals surface area contributed by atoms with E-state index in [1.807, 2.05) is 6.92 Å². The Morgan fingerprint density at radius 3 is 2.46 bits per heavy atom. The molecule has 28 heavy (non-hydrogen) atoms. The lowest BCUT2D eigenvalue weighted by atomic mass is 10.1. The molecule has 2 N–H and O–H groups in total. The van der Waals surface area contributed by atoms with Crippen LogP contribution in [0.5, 0.6) is 0 Å². The topological polar surface area (TPSA) is 83.0 Å². The summed E-state index contributed by atoms with van der Waals surface area (Å²) in [6.45, 7) is 7.17. The minimum Gasteiger partial charge on any atom is -0.367 e. The predicted molar refractivity (Wildman–Crippen MR) is 120 cm³/mol. The van der Waals surface area contributed by atoms with Gasteiger partial charge in [0.2, 0.25) is 10.0 Å². The third kappa shape index (κ3) is 7.80. The quantitative estimate of drug-likeness (QED) is 0.348. The van der Waals surface area contributed by atoms with Crippen LogP contribution in [0.2, 0.25) is 0 Å². The van der Waals surface area contributed by atoms with Crippen LogP contribution in [0, 0.1) is 5.82 Å². The van der Waals surface area contributed by atoms with Gasteiger partial charge in [0.05, 0.1) is 18.9 Å². The van der Waals surface area contributed by atoms with E-state index in [1.54, 1.807) is 33.0 Å². The lowest BCUT2D eigenvalue weighted by molar-refractivity contribution is -0.0605. The molecule has 0 bridgehead atoms. The van der Waals surface area contributed by atoms with E-state index in [4.69, 9.17) is 4.74 Å². The van der Waals surface area contributed by atoms with Crippen molar-refractivity contribution in [3.8, 4) is 0 Å². The van der Waals surface area contributed by atoms with Crippen molar-refractivity contribution in [1.29, 1.82) is 0 Å². The fourth-order valence-corrected chi connectivity index (χ4v) is 4.23.